The smallest absolute Gasteiger partial charge is 0.210 e. The first-order valence-corrected chi connectivity index (χ1v) is 8.98. The summed E-state index contributed by atoms with van der Waals surface area (Å²) in [5.74, 6) is 0.0263. The van der Waals surface area contributed by atoms with Crippen molar-refractivity contribution in [3.63, 3.8) is 0 Å². The average Bonchev–Trinajstić information content (AvgIpc) is 2.65. The number of anilines is 1. The topological polar surface area (TPSA) is 65.8 Å². The number of benzene rings is 1. The van der Waals surface area contributed by atoms with Gasteiger partial charge in [0.25, 0.3) is 0 Å². The molecule has 0 amide bonds. The molecule has 2 rings (SSSR count). The Bertz CT molecular complexity index is 669. The minimum absolute atomic E-state index is 0.0263. The van der Waals surface area contributed by atoms with Crippen molar-refractivity contribution in [2.24, 2.45) is 0 Å². The van der Waals surface area contributed by atoms with Gasteiger partial charge in [0.05, 0.1) is 19.3 Å². The molecule has 1 unspecified atom stereocenters. The third-order valence-electron chi connectivity index (χ3n) is 4.08. The van der Waals surface area contributed by atoms with Crippen LogP contribution in [0.4, 0.5) is 5.69 Å². The third kappa shape index (κ3) is 6.86. The Kier molecular flexibility index (Phi) is 8.12. The molecule has 0 saturated carbocycles. The van der Waals surface area contributed by atoms with Gasteiger partial charge in [0.15, 0.2) is 0 Å². The van der Waals surface area contributed by atoms with E-state index in [1.54, 1.807) is 12.3 Å². The fraction of sp³-hybridized carbons (Fsp3) is 0.381. The second-order valence-corrected chi connectivity index (χ2v) is 6.31. The molecule has 0 bridgehead atoms. The molecule has 5 nitrogen and oxygen atoms in total. The first-order chi connectivity index (χ1) is 12.6. The highest BCUT2D eigenvalue weighted by Gasteiger charge is 2.04. The van der Waals surface area contributed by atoms with Gasteiger partial charge < -0.3 is 19.8 Å². The average molecular weight is 356 g/mol. The maximum Gasteiger partial charge on any atom is 0.210 e. The second-order valence-electron chi connectivity index (χ2n) is 6.31. The molecule has 0 aliphatic heterocycles. The Morgan fingerprint density at radius 1 is 1.12 bits per heavy atom. The number of nitrogens with zero attached hydrogens (tertiary/aromatic N) is 2. The van der Waals surface area contributed by atoms with Crippen molar-refractivity contribution < 1.29 is 14.9 Å². The maximum atomic E-state index is 9.65. The van der Waals surface area contributed by atoms with Gasteiger partial charge in [-0.3, -0.25) is 0 Å². The maximum absolute atomic E-state index is 9.65. The predicted octanol–water partition coefficient (Wildman–Crippen LogP) is 3.57. The highest BCUT2D eigenvalue weighted by Crippen LogP contribution is 2.16. The molecular formula is C21H28N2O3. The van der Waals surface area contributed by atoms with Gasteiger partial charge in [-0.1, -0.05) is 37.6 Å². The summed E-state index contributed by atoms with van der Waals surface area (Å²) < 4.78 is 5.53. The fourth-order valence-electron chi connectivity index (χ4n) is 2.49. The lowest BCUT2D eigenvalue weighted by Gasteiger charge is -2.20. The summed E-state index contributed by atoms with van der Waals surface area (Å²) in [5, 5.41) is 18.8. The minimum atomic E-state index is -0.361. The molecule has 5 heteroatoms. The van der Waals surface area contributed by atoms with Crippen LogP contribution in [0.15, 0.2) is 42.6 Å². The molecule has 1 aromatic carbocycles. The van der Waals surface area contributed by atoms with E-state index < -0.39 is 0 Å². The zero-order chi connectivity index (χ0) is 18.8. The molecule has 2 aromatic rings. The Morgan fingerprint density at radius 3 is 2.46 bits per heavy atom. The molecule has 140 valence electrons. The Balaban J connectivity index is 1.79. The molecule has 0 spiro atoms. The lowest BCUT2D eigenvalue weighted by atomic mass is 10.1. The molecule has 0 aliphatic carbocycles. The van der Waals surface area contributed by atoms with Crippen molar-refractivity contribution in [1.29, 1.82) is 0 Å². The van der Waals surface area contributed by atoms with E-state index in [0.29, 0.717) is 13.2 Å². The highest BCUT2D eigenvalue weighted by molar-refractivity contribution is 5.70. The number of pyridine rings is 1. The number of aliphatic hydroxyl groups is 1. The standard InChI is InChI=1S/C21H28N2O3/c1-3-4-20(24)16-26-14-13-23(2)19-10-7-17(8-11-19)5-6-18-9-12-21(25)22-15-18/h5-12,15,20,24H,3-4,13-14,16H2,1-2H3,(H,22,25)/b6-5+. The van der Waals surface area contributed by atoms with E-state index in [1.807, 2.05) is 25.3 Å². The third-order valence-corrected chi connectivity index (χ3v) is 4.08. The number of aromatic hydroxyl groups is 1. The summed E-state index contributed by atoms with van der Waals surface area (Å²) in [6, 6.07) is 11.6. The number of hydrogen-bond donors (Lipinski definition) is 2. The lowest BCUT2D eigenvalue weighted by Crippen LogP contribution is -2.24. The second kappa shape index (κ2) is 10.6. The van der Waals surface area contributed by atoms with Crippen LogP contribution in [-0.2, 0) is 4.74 Å². The zero-order valence-electron chi connectivity index (χ0n) is 15.5. The number of aromatic nitrogens is 1. The van der Waals surface area contributed by atoms with Gasteiger partial charge >= 0.3 is 0 Å². The van der Waals surface area contributed by atoms with Crippen LogP contribution in [-0.4, -0.2) is 48.1 Å². The van der Waals surface area contributed by atoms with Crippen LogP contribution in [0.3, 0.4) is 0 Å². The van der Waals surface area contributed by atoms with Crippen molar-refractivity contribution in [3.8, 4) is 5.88 Å². The van der Waals surface area contributed by atoms with Crippen LogP contribution >= 0.6 is 0 Å². The SMILES string of the molecule is CCCC(O)COCCN(C)c1ccc(/C=C/c2ccc(O)nc2)cc1. The van der Waals surface area contributed by atoms with Gasteiger partial charge in [-0.25, -0.2) is 4.98 Å². The van der Waals surface area contributed by atoms with Crippen molar-refractivity contribution in [2.45, 2.75) is 25.9 Å². The molecule has 0 fully saturated rings. The van der Waals surface area contributed by atoms with Gasteiger partial charge in [-0.2, -0.15) is 0 Å². The predicted molar refractivity (Wildman–Crippen MR) is 106 cm³/mol. The molecule has 0 aliphatic rings. The molecule has 1 atom stereocenters. The Morgan fingerprint density at radius 2 is 1.81 bits per heavy atom. The number of likely N-dealkylation sites (N-methyl/N-ethyl adjacent to an activating group) is 1. The van der Waals surface area contributed by atoms with E-state index in [9.17, 15) is 10.2 Å². The van der Waals surface area contributed by atoms with Gasteiger partial charge in [-0.15, -0.1) is 0 Å². The minimum Gasteiger partial charge on any atom is -0.493 e. The Hall–Kier alpha value is -2.37. The van der Waals surface area contributed by atoms with E-state index in [-0.39, 0.29) is 12.0 Å². The molecular weight excluding hydrogens is 328 g/mol. The first kappa shape index (κ1) is 19.9. The molecule has 1 heterocycles. The van der Waals surface area contributed by atoms with E-state index in [2.05, 4.69) is 41.1 Å². The highest BCUT2D eigenvalue weighted by atomic mass is 16.5. The summed E-state index contributed by atoms with van der Waals surface area (Å²) in [5.41, 5.74) is 3.15. The van der Waals surface area contributed by atoms with E-state index in [4.69, 9.17) is 4.74 Å². The quantitative estimate of drug-likeness (QED) is 0.637. The van der Waals surface area contributed by atoms with Crippen molar-refractivity contribution in [3.05, 3.63) is 53.7 Å². The lowest BCUT2D eigenvalue weighted by molar-refractivity contribution is 0.0353. The molecule has 0 saturated heterocycles. The van der Waals surface area contributed by atoms with Gasteiger partial charge in [0.2, 0.25) is 5.88 Å². The van der Waals surface area contributed by atoms with Crippen LogP contribution in [0.2, 0.25) is 0 Å². The summed E-state index contributed by atoms with van der Waals surface area (Å²) in [4.78, 5) is 5.98. The van der Waals surface area contributed by atoms with Crippen LogP contribution in [0.1, 0.15) is 30.9 Å². The number of ether oxygens (including phenoxy) is 1. The molecule has 0 radical (unpaired) electrons. The van der Waals surface area contributed by atoms with Crippen LogP contribution in [0.25, 0.3) is 12.2 Å². The molecule has 26 heavy (non-hydrogen) atoms. The van der Waals surface area contributed by atoms with Gasteiger partial charge in [0.1, 0.15) is 0 Å². The Labute approximate surface area is 155 Å². The van der Waals surface area contributed by atoms with Crippen molar-refractivity contribution >= 4 is 17.8 Å². The van der Waals surface area contributed by atoms with E-state index in [1.165, 1.54) is 0 Å². The van der Waals surface area contributed by atoms with Crippen molar-refractivity contribution in [1.82, 2.24) is 4.98 Å². The number of rotatable bonds is 10. The van der Waals surface area contributed by atoms with Crippen molar-refractivity contribution in [2.75, 3.05) is 31.7 Å². The zero-order valence-corrected chi connectivity index (χ0v) is 15.5. The summed E-state index contributed by atoms with van der Waals surface area (Å²) in [6.07, 6.45) is 6.99. The fourth-order valence-corrected chi connectivity index (χ4v) is 2.49. The van der Waals surface area contributed by atoms with Crippen LogP contribution in [0.5, 0.6) is 5.88 Å². The summed E-state index contributed by atoms with van der Waals surface area (Å²) in [6.45, 7) is 3.81. The number of aliphatic hydroxyl groups excluding tert-OH is 1. The van der Waals surface area contributed by atoms with Gasteiger partial charge in [-0.05, 0) is 35.7 Å². The summed E-state index contributed by atoms with van der Waals surface area (Å²) in [7, 11) is 2.03. The monoisotopic (exact) mass is 356 g/mol. The van der Waals surface area contributed by atoms with Crippen LogP contribution < -0.4 is 4.90 Å². The van der Waals surface area contributed by atoms with E-state index >= 15 is 0 Å². The molecule has 2 N–H and O–H groups in total. The first-order valence-electron chi connectivity index (χ1n) is 8.98. The normalized spacial score (nSPS) is 12.4. The number of hydrogen-bond acceptors (Lipinski definition) is 5. The van der Waals surface area contributed by atoms with Gasteiger partial charge in [0, 0.05) is 31.5 Å². The molecule has 1 aromatic heterocycles. The largest absolute Gasteiger partial charge is 0.493 e. The summed E-state index contributed by atoms with van der Waals surface area (Å²) >= 11 is 0. The van der Waals surface area contributed by atoms with Crippen LogP contribution in [0, 0.1) is 0 Å². The van der Waals surface area contributed by atoms with E-state index in [0.717, 1.165) is 36.2 Å².